The maximum absolute atomic E-state index is 10.7. The van der Waals surface area contributed by atoms with Gasteiger partial charge in [0.05, 0.1) is 4.90 Å². The van der Waals surface area contributed by atoms with E-state index in [-0.39, 0.29) is 4.90 Å². The van der Waals surface area contributed by atoms with E-state index in [1.165, 1.54) is 12.1 Å². The Balaban J connectivity index is 2.79. The van der Waals surface area contributed by atoms with Crippen LogP contribution in [0.2, 0.25) is 0 Å². The number of hydrogen-bond donors (Lipinski definition) is 3. The van der Waals surface area contributed by atoms with Gasteiger partial charge in [0, 0.05) is 18.8 Å². The monoisotopic (exact) mass is 216 g/mol. The lowest BCUT2D eigenvalue weighted by molar-refractivity contribution is 0.483. The van der Waals surface area contributed by atoms with E-state index in [2.05, 4.69) is 5.32 Å². The van der Waals surface area contributed by atoms with E-state index >= 15 is 0 Å². The molecule has 0 unspecified atom stereocenters. The molecule has 0 amide bonds. The molecular weight excluding hydrogens is 204 g/mol. The topological polar surface area (TPSA) is 92.4 Å². The highest BCUT2D eigenvalue weighted by Crippen LogP contribution is 2.12. The Bertz CT molecular complexity index is 386. The lowest BCUT2D eigenvalue weighted by Gasteiger charge is -2.04. The third kappa shape index (κ3) is 2.99. The molecule has 0 aliphatic carbocycles. The second-order valence-corrected chi connectivity index (χ2v) is 4.14. The molecular formula is C8H12N2O3S. The average Bonchev–Trinajstić information content (AvgIpc) is 2.14. The fraction of sp³-hybridized carbons (Fsp3) is 0.250. The SMILES string of the molecule is NCCNc1ccc(S(=O)(=O)O)cc1. The van der Waals surface area contributed by atoms with Crippen molar-refractivity contribution in [1.29, 1.82) is 0 Å². The highest BCUT2D eigenvalue weighted by molar-refractivity contribution is 7.85. The van der Waals surface area contributed by atoms with E-state index in [0.717, 1.165) is 5.69 Å². The Morgan fingerprint density at radius 3 is 2.29 bits per heavy atom. The van der Waals surface area contributed by atoms with Crippen molar-refractivity contribution in [2.75, 3.05) is 18.4 Å². The minimum Gasteiger partial charge on any atom is -0.384 e. The molecule has 0 atom stereocenters. The summed E-state index contributed by atoms with van der Waals surface area (Å²) in [4.78, 5) is -0.115. The van der Waals surface area contributed by atoms with Crippen molar-refractivity contribution < 1.29 is 13.0 Å². The van der Waals surface area contributed by atoms with Crippen molar-refractivity contribution in [3.63, 3.8) is 0 Å². The van der Waals surface area contributed by atoms with E-state index in [1.807, 2.05) is 0 Å². The third-order valence-electron chi connectivity index (χ3n) is 1.63. The summed E-state index contributed by atoms with van der Waals surface area (Å²) in [6, 6.07) is 5.79. The first-order valence-corrected chi connectivity index (χ1v) is 5.49. The van der Waals surface area contributed by atoms with Gasteiger partial charge in [0.1, 0.15) is 0 Å². The fourth-order valence-corrected chi connectivity index (χ4v) is 1.44. The van der Waals surface area contributed by atoms with Crippen LogP contribution in [0.3, 0.4) is 0 Å². The quantitative estimate of drug-likeness (QED) is 0.630. The zero-order valence-corrected chi connectivity index (χ0v) is 8.29. The lowest BCUT2D eigenvalue weighted by atomic mass is 10.3. The van der Waals surface area contributed by atoms with Crippen LogP contribution in [-0.4, -0.2) is 26.1 Å². The fourth-order valence-electron chi connectivity index (χ4n) is 0.961. The van der Waals surface area contributed by atoms with Crippen LogP contribution in [0.1, 0.15) is 0 Å². The molecule has 0 bridgehead atoms. The molecule has 0 radical (unpaired) electrons. The summed E-state index contributed by atoms with van der Waals surface area (Å²) in [6.07, 6.45) is 0. The Labute approximate surface area is 82.7 Å². The van der Waals surface area contributed by atoms with Gasteiger partial charge in [-0.2, -0.15) is 8.42 Å². The predicted molar refractivity (Wildman–Crippen MR) is 53.8 cm³/mol. The van der Waals surface area contributed by atoms with Crippen LogP contribution in [0.15, 0.2) is 29.2 Å². The Hall–Kier alpha value is -1.11. The minimum absolute atomic E-state index is 0.115. The number of benzene rings is 1. The molecule has 0 aromatic heterocycles. The van der Waals surface area contributed by atoms with Crippen LogP contribution in [0.4, 0.5) is 5.69 Å². The van der Waals surface area contributed by atoms with Crippen molar-refractivity contribution in [1.82, 2.24) is 0 Å². The molecule has 1 aromatic rings. The summed E-state index contributed by atoms with van der Waals surface area (Å²) < 4.78 is 30.0. The third-order valence-corrected chi connectivity index (χ3v) is 2.49. The van der Waals surface area contributed by atoms with Crippen LogP contribution in [0.5, 0.6) is 0 Å². The van der Waals surface area contributed by atoms with E-state index in [0.29, 0.717) is 13.1 Å². The standard InChI is InChI=1S/C8H12N2O3S/c9-5-6-10-7-1-3-8(4-2-7)14(11,12)13/h1-4,10H,5-6,9H2,(H,11,12,13). The number of nitrogens with two attached hydrogens (primary N) is 1. The molecule has 0 fully saturated rings. The summed E-state index contributed by atoms with van der Waals surface area (Å²) in [5, 5.41) is 2.97. The van der Waals surface area contributed by atoms with Gasteiger partial charge in [0.15, 0.2) is 0 Å². The van der Waals surface area contributed by atoms with Gasteiger partial charge in [-0.25, -0.2) is 0 Å². The molecule has 0 saturated heterocycles. The van der Waals surface area contributed by atoms with Gasteiger partial charge < -0.3 is 11.1 Å². The van der Waals surface area contributed by atoms with Crippen LogP contribution in [0, 0.1) is 0 Å². The van der Waals surface area contributed by atoms with Crippen molar-refractivity contribution in [2.24, 2.45) is 5.73 Å². The minimum atomic E-state index is -4.09. The van der Waals surface area contributed by atoms with Crippen LogP contribution in [-0.2, 0) is 10.1 Å². The smallest absolute Gasteiger partial charge is 0.294 e. The Kier molecular flexibility index (Phi) is 3.45. The van der Waals surface area contributed by atoms with Gasteiger partial charge in [-0.15, -0.1) is 0 Å². The van der Waals surface area contributed by atoms with Gasteiger partial charge in [-0.1, -0.05) is 0 Å². The van der Waals surface area contributed by atoms with Crippen molar-refractivity contribution in [3.05, 3.63) is 24.3 Å². The molecule has 1 rings (SSSR count). The van der Waals surface area contributed by atoms with E-state index < -0.39 is 10.1 Å². The van der Waals surface area contributed by atoms with Gasteiger partial charge in [-0.3, -0.25) is 4.55 Å². The molecule has 0 aliphatic heterocycles. The summed E-state index contributed by atoms with van der Waals surface area (Å²) >= 11 is 0. The lowest BCUT2D eigenvalue weighted by Crippen LogP contribution is -2.13. The predicted octanol–water partition coefficient (Wildman–Crippen LogP) is 0.304. The maximum Gasteiger partial charge on any atom is 0.294 e. The number of nitrogens with one attached hydrogen (secondary N) is 1. The molecule has 78 valence electrons. The highest BCUT2D eigenvalue weighted by Gasteiger charge is 2.07. The van der Waals surface area contributed by atoms with Gasteiger partial charge in [-0.05, 0) is 24.3 Å². The van der Waals surface area contributed by atoms with Crippen LogP contribution >= 0.6 is 0 Å². The normalized spacial score (nSPS) is 11.3. The Morgan fingerprint density at radius 1 is 1.29 bits per heavy atom. The molecule has 4 N–H and O–H groups in total. The average molecular weight is 216 g/mol. The first-order chi connectivity index (χ1) is 6.54. The van der Waals surface area contributed by atoms with E-state index in [1.54, 1.807) is 12.1 Å². The molecule has 0 saturated carbocycles. The van der Waals surface area contributed by atoms with E-state index in [4.69, 9.17) is 10.3 Å². The molecule has 0 spiro atoms. The van der Waals surface area contributed by atoms with Crippen molar-refractivity contribution in [3.8, 4) is 0 Å². The number of anilines is 1. The molecule has 6 heteroatoms. The molecule has 0 heterocycles. The zero-order valence-electron chi connectivity index (χ0n) is 7.47. The number of rotatable bonds is 4. The zero-order chi connectivity index (χ0) is 10.6. The number of hydrogen-bond acceptors (Lipinski definition) is 4. The first-order valence-electron chi connectivity index (χ1n) is 4.05. The van der Waals surface area contributed by atoms with E-state index in [9.17, 15) is 8.42 Å². The van der Waals surface area contributed by atoms with Gasteiger partial charge in [0.25, 0.3) is 10.1 Å². The summed E-state index contributed by atoms with van der Waals surface area (Å²) in [5.74, 6) is 0. The second kappa shape index (κ2) is 4.41. The van der Waals surface area contributed by atoms with Crippen molar-refractivity contribution in [2.45, 2.75) is 4.90 Å². The Morgan fingerprint density at radius 2 is 1.86 bits per heavy atom. The van der Waals surface area contributed by atoms with Crippen molar-refractivity contribution >= 4 is 15.8 Å². The molecule has 14 heavy (non-hydrogen) atoms. The first kappa shape index (κ1) is 11.0. The molecule has 0 aliphatic rings. The van der Waals surface area contributed by atoms with Gasteiger partial charge >= 0.3 is 0 Å². The highest BCUT2D eigenvalue weighted by atomic mass is 32.2. The second-order valence-electron chi connectivity index (χ2n) is 2.71. The van der Waals surface area contributed by atoms with Gasteiger partial charge in [0.2, 0.25) is 0 Å². The maximum atomic E-state index is 10.7. The summed E-state index contributed by atoms with van der Waals surface area (Å²) in [7, 11) is -4.09. The molecule has 5 nitrogen and oxygen atoms in total. The van der Waals surface area contributed by atoms with Crippen LogP contribution in [0.25, 0.3) is 0 Å². The summed E-state index contributed by atoms with van der Waals surface area (Å²) in [5.41, 5.74) is 6.04. The summed E-state index contributed by atoms with van der Waals surface area (Å²) in [6.45, 7) is 1.12. The molecule has 1 aromatic carbocycles. The van der Waals surface area contributed by atoms with Crippen LogP contribution < -0.4 is 11.1 Å². The largest absolute Gasteiger partial charge is 0.384 e.